The van der Waals surface area contributed by atoms with Crippen LogP contribution in [0, 0.1) is 0 Å². The van der Waals surface area contributed by atoms with E-state index in [1.54, 1.807) is 10.8 Å². The summed E-state index contributed by atoms with van der Waals surface area (Å²) in [6.45, 7) is 3.88. The number of nitrogens with one attached hydrogen (secondary N) is 1. The van der Waals surface area contributed by atoms with Crippen LogP contribution in [0.15, 0.2) is 46.5 Å². The zero-order valence-electron chi connectivity index (χ0n) is 17.0. The summed E-state index contributed by atoms with van der Waals surface area (Å²) < 4.78 is 7.08. The van der Waals surface area contributed by atoms with Gasteiger partial charge in [0.2, 0.25) is 11.3 Å². The highest BCUT2D eigenvalue weighted by atomic mass is 32.2. The predicted molar refractivity (Wildman–Crippen MR) is 116 cm³/mol. The number of anilines is 1. The zero-order chi connectivity index (χ0) is 21.7. The smallest absolute Gasteiger partial charge is 0.344 e. The molecule has 8 nitrogen and oxygen atoms in total. The highest BCUT2D eigenvalue weighted by Crippen LogP contribution is 2.22. The molecule has 0 aliphatic carbocycles. The lowest BCUT2D eigenvalue weighted by Crippen LogP contribution is -2.24. The molecule has 0 fully saturated rings. The Morgan fingerprint density at radius 1 is 1.20 bits per heavy atom. The first-order valence-electron chi connectivity index (χ1n) is 9.42. The number of amides is 1. The van der Waals surface area contributed by atoms with Gasteiger partial charge in [0.1, 0.15) is 17.6 Å². The van der Waals surface area contributed by atoms with Gasteiger partial charge < -0.3 is 14.6 Å². The molecule has 0 unspecified atom stereocenters. The Balaban J connectivity index is 2.12. The fourth-order valence-electron chi connectivity index (χ4n) is 2.96. The monoisotopic (exact) mass is 426 g/mol. The van der Waals surface area contributed by atoms with Crippen LogP contribution < -0.4 is 10.7 Å². The molecule has 0 spiro atoms. The number of pyridine rings is 1. The molecule has 2 heterocycles. The summed E-state index contributed by atoms with van der Waals surface area (Å²) in [5.41, 5.74) is 0.475. The normalized spacial score (nSPS) is 10.8. The number of ether oxygens (including phenoxy) is 1. The average molecular weight is 426 g/mol. The van der Waals surface area contributed by atoms with Gasteiger partial charge in [-0.3, -0.25) is 9.59 Å². The van der Waals surface area contributed by atoms with Gasteiger partial charge in [0, 0.05) is 19.7 Å². The van der Waals surface area contributed by atoms with Crippen LogP contribution >= 0.6 is 11.8 Å². The molecule has 0 atom stereocenters. The number of nitrogens with zero attached hydrogens (tertiary/aromatic N) is 3. The van der Waals surface area contributed by atoms with Gasteiger partial charge >= 0.3 is 5.97 Å². The molecular formula is C21H22N4O4S. The number of hydrogen-bond acceptors (Lipinski definition) is 7. The van der Waals surface area contributed by atoms with Crippen molar-refractivity contribution in [2.75, 3.05) is 11.6 Å². The Bertz CT molecular complexity index is 1150. The van der Waals surface area contributed by atoms with Gasteiger partial charge in [0.15, 0.2) is 16.6 Å². The second-order valence-electron chi connectivity index (χ2n) is 6.57. The van der Waals surface area contributed by atoms with Crippen LogP contribution in [0.25, 0.3) is 11.0 Å². The summed E-state index contributed by atoms with van der Waals surface area (Å²) in [5.74, 6) is -1.02. The van der Waals surface area contributed by atoms with Crippen molar-refractivity contribution in [2.45, 2.75) is 38.6 Å². The van der Waals surface area contributed by atoms with Crippen molar-refractivity contribution in [3.63, 3.8) is 0 Å². The minimum Gasteiger partial charge on any atom is -0.457 e. The number of esters is 1. The molecule has 3 aromatic rings. The number of carbonyl (C=O) groups is 2. The van der Waals surface area contributed by atoms with Gasteiger partial charge in [0.05, 0.1) is 0 Å². The van der Waals surface area contributed by atoms with Crippen LogP contribution in [0.3, 0.4) is 0 Å². The van der Waals surface area contributed by atoms with Gasteiger partial charge in [-0.25, -0.2) is 14.8 Å². The highest BCUT2D eigenvalue weighted by Gasteiger charge is 2.22. The first kappa shape index (κ1) is 21.5. The number of rotatable bonds is 7. The number of thioether (sulfide) groups is 1. The number of aromatic nitrogens is 3. The lowest BCUT2D eigenvalue weighted by Gasteiger charge is -2.14. The molecule has 30 heavy (non-hydrogen) atoms. The highest BCUT2D eigenvalue weighted by molar-refractivity contribution is 7.98. The summed E-state index contributed by atoms with van der Waals surface area (Å²) >= 11 is 1.29. The van der Waals surface area contributed by atoms with E-state index in [1.165, 1.54) is 24.9 Å². The van der Waals surface area contributed by atoms with Crippen molar-refractivity contribution in [2.24, 2.45) is 0 Å². The standard InChI is InChI=1S/C21H22N4O4S/c1-4-10-25-11-15(20(28)29-12-14-8-6-5-7-9-14)17(27)16-18(22-13(2)26)23-21(30-3)24-19(16)25/h5-9,11H,4,10,12H2,1-3H3,(H,22,23,24,26). The van der Waals surface area contributed by atoms with Gasteiger partial charge in [-0.15, -0.1) is 0 Å². The maximum Gasteiger partial charge on any atom is 0.344 e. The quantitative estimate of drug-likeness (QED) is 0.351. The summed E-state index contributed by atoms with van der Waals surface area (Å²) in [5, 5.41) is 3.09. The molecule has 2 aromatic heterocycles. The second-order valence-corrected chi connectivity index (χ2v) is 7.34. The van der Waals surface area contributed by atoms with Crippen molar-refractivity contribution in [1.29, 1.82) is 0 Å². The van der Waals surface area contributed by atoms with Crippen LogP contribution in [0.5, 0.6) is 0 Å². The summed E-state index contributed by atoms with van der Waals surface area (Å²) in [4.78, 5) is 46.3. The molecule has 1 amide bonds. The van der Waals surface area contributed by atoms with Crippen molar-refractivity contribution < 1.29 is 14.3 Å². The summed E-state index contributed by atoms with van der Waals surface area (Å²) in [6, 6.07) is 9.21. The Morgan fingerprint density at radius 3 is 2.57 bits per heavy atom. The molecule has 0 aliphatic rings. The van der Waals surface area contributed by atoms with Gasteiger partial charge in [-0.2, -0.15) is 0 Å². The van der Waals surface area contributed by atoms with E-state index >= 15 is 0 Å². The third-order valence-electron chi connectivity index (χ3n) is 4.27. The Hall–Kier alpha value is -3.20. The molecule has 0 radical (unpaired) electrons. The first-order valence-corrected chi connectivity index (χ1v) is 10.6. The summed E-state index contributed by atoms with van der Waals surface area (Å²) in [7, 11) is 0. The lowest BCUT2D eigenvalue weighted by molar-refractivity contribution is -0.114. The Kier molecular flexibility index (Phi) is 6.83. The van der Waals surface area contributed by atoms with Crippen molar-refractivity contribution >= 4 is 40.5 Å². The molecule has 156 valence electrons. The van der Waals surface area contributed by atoms with Crippen molar-refractivity contribution in [3.05, 3.63) is 57.9 Å². The predicted octanol–water partition coefficient (Wildman–Crippen LogP) is 3.24. The third kappa shape index (κ3) is 4.68. The maximum atomic E-state index is 13.2. The molecular weight excluding hydrogens is 404 g/mol. The van der Waals surface area contributed by atoms with E-state index in [4.69, 9.17) is 4.74 Å². The van der Waals surface area contributed by atoms with E-state index in [1.807, 2.05) is 37.3 Å². The van der Waals surface area contributed by atoms with Gasteiger partial charge in [-0.05, 0) is 18.2 Å². The fourth-order valence-corrected chi connectivity index (χ4v) is 3.32. The van der Waals surface area contributed by atoms with E-state index in [0.717, 1.165) is 12.0 Å². The van der Waals surface area contributed by atoms with Crippen LogP contribution in [-0.4, -0.2) is 32.7 Å². The lowest BCUT2D eigenvalue weighted by atomic mass is 10.2. The van der Waals surface area contributed by atoms with Crippen LogP contribution in [0.2, 0.25) is 0 Å². The van der Waals surface area contributed by atoms with E-state index in [9.17, 15) is 14.4 Å². The second kappa shape index (κ2) is 9.53. The van der Waals surface area contributed by atoms with Crippen LogP contribution in [0.1, 0.15) is 36.2 Å². The molecule has 0 bridgehead atoms. The Labute approximate surface area is 177 Å². The maximum absolute atomic E-state index is 13.2. The third-order valence-corrected chi connectivity index (χ3v) is 4.82. The molecule has 0 saturated carbocycles. The number of hydrogen-bond donors (Lipinski definition) is 1. The minimum absolute atomic E-state index is 0.0470. The minimum atomic E-state index is -0.738. The molecule has 9 heteroatoms. The number of aryl methyl sites for hydroxylation is 1. The molecule has 3 rings (SSSR count). The van der Waals surface area contributed by atoms with Crippen LogP contribution in [0.4, 0.5) is 5.82 Å². The van der Waals surface area contributed by atoms with E-state index in [2.05, 4.69) is 15.3 Å². The zero-order valence-corrected chi connectivity index (χ0v) is 17.8. The molecule has 0 aliphatic heterocycles. The fraction of sp³-hybridized carbons (Fsp3) is 0.286. The largest absolute Gasteiger partial charge is 0.457 e. The van der Waals surface area contributed by atoms with Crippen molar-refractivity contribution in [3.8, 4) is 0 Å². The van der Waals surface area contributed by atoms with Crippen LogP contribution in [-0.2, 0) is 22.7 Å². The number of benzene rings is 1. The molecule has 0 saturated heterocycles. The van der Waals surface area contributed by atoms with Crippen molar-refractivity contribution in [1.82, 2.24) is 14.5 Å². The SMILES string of the molecule is CCCn1cc(C(=O)OCc2ccccc2)c(=O)c2c(NC(C)=O)nc(SC)nc21. The van der Waals surface area contributed by atoms with Gasteiger partial charge in [-0.1, -0.05) is 49.0 Å². The summed E-state index contributed by atoms with van der Waals surface area (Å²) in [6.07, 6.45) is 4.02. The molecule has 1 N–H and O–H groups in total. The number of fused-ring (bicyclic) bond motifs is 1. The average Bonchev–Trinajstić information content (AvgIpc) is 2.74. The van der Waals surface area contributed by atoms with E-state index < -0.39 is 11.4 Å². The topological polar surface area (TPSA) is 103 Å². The van der Waals surface area contributed by atoms with E-state index in [-0.39, 0.29) is 29.3 Å². The molecule has 1 aromatic carbocycles. The Morgan fingerprint density at radius 2 is 1.93 bits per heavy atom. The first-order chi connectivity index (χ1) is 14.4. The van der Waals surface area contributed by atoms with E-state index in [0.29, 0.717) is 17.3 Å². The number of carbonyl (C=O) groups excluding carboxylic acids is 2. The van der Waals surface area contributed by atoms with Gasteiger partial charge in [0.25, 0.3) is 0 Å².